The molecule has 0 bridgehead atoms. The first kappa shape index (κ1) is 26.2. The Bertz CT molecular complexity index is 967. The summed E-state index contributed by atoms with van der Waals surface area (Å²) in [5.41, 5.74) is 3.45. The molecule has 0 saturated carbocycles. The van der Waals surface area contributed by atoms with Gasteiger partial charge in [0.25, 0.3) is 0 Å². The van der Waals surface area contributed by atoms with E-state index in [-0.39, 0.29) is 11.5 Å². The number of carbonyl (C=O) groups is 1. The van der Waals surface area contributed by atoms with Gasteiger partial charge in [0.1, 0.15) is 5.60 Å². The second kappa shape index (κ2) is 10.5. The van der Waals surface area contributed by atoms with Gasteiger partial charge >= 0.3 is 6.09 Å². The van der Waals surface area contributed by atoms with Crippen LogP contribution in [0.3, 0.4) is 0 Å². The van der Waals surface area contributed by atoms with E-state index in [0.717, 1.165) is 30.9 Å². The molecule has 6 nitrogen and oxygen atoms in total. The van der Waals surface area contributed by atoms with Crippen molar-refractivity contribution in [2.75, 3.05) is 16.8 Å². The molecule has 0 fully saturated rings. The van der Waals surface area contributed by atoms with E-state index in [1.54, 1.807) is 6.20 Å². The Balaban J connectivity index is 1.92. The molecular weight excluding hydrogens is 442 g/mol. The SMILES string of the molecule is C[Si](C)OC(C1Cc2ncc(NC(=O)OC(C)(C)C)cc2N(Cc2ccccc2)C1)C(C)(C)C. The van der Waals surface area contributed by atoms with E-state index >= 15 is 0 Å². The van der Waals surface area contributed by atoms with E-state index in [1.165, 1.54) is 5.56 Å². The van der Waals surface area contributed by atoms with E-state index in [2.05, 4.69) is 68.3 Å². The molecule has 185 valence electrons. The average Bonchev–Trinajstić information content (AvgIpc) is 2.70. The van der Waals surface area contributed by atoms with Crippen molar-refractivity contribution in [1.29, 1.82) is 0 Å². The van der Waals surface area contributed by atoms with Gasteiger partial charge < -0.3 is 14.1 Å². The van der Waals surface area contributed by atoms with Crippen LogP contribution in [0.2, 0.25) is 13.1 Å². The van der Waals surface area contributed by atoms with E-state index in [1.807, 2.05) is 32.9 Å². The third-order valence-corrected chi connectivity index (χ3v) is 6.43. The number of pyridine rings is 1. The van der Waals surface area contributed by atoms with Crippen LogP contribution >= 0.6 is 0 Å². The molecule has 2 atom stereocenters. The number of ether oxygens (including phenoxy) is 1. The molecule has 3 rings (SSSR count). The van der Waals surface area contributed by atoms with Crippen molar-refractivity contribution in [3.8, 4) is 0 Å². The number of anilines is 2. The summed E-state index contributed by atoms with van der Waals surface area (Å²) in [6.45, 7) is 18.4. The number of amides is 1. The van der Waals surface area contributed by atoms with Crippen LogP contribution in [0.5, 0.6) is 0 Å². The maximum Gasteiger partial charge on any atom is 0.412 e. The highest BCUT2D eigenvalue weighted by Crippen LogP contribution is 2.38. The first-order valence-electron chi connectivity index (χ1n) is 12.1. The van der Waals surface area contributed by atoms with Gasteiger partial charge in [-0.2, -0.15) is 0 Å². The number of hydrogen-bond acceptors (Lipinski definition) is 5. The van der Waals surface area contributed by atoms with Gasteiger partial charge in [0.05, 0.1) is 29.4 Å². The first-order valence-corrected chi connectivity index (χ1v) is 14.5. The predicted molar refractivity (Wildman–Crippen MR) is 141 cm³/mol. The Labute approximate surface area is 206 Å². The molecule has 1 aromatic heterocycles. The number of nitrogens with zero attached hydrogens (tertiary/aromatic N) is 2. The van der Waals surface area contributed by atoms with Crippen LogP contribution in [0, 0.1) is 11.3 Å². The smallest absolute Gasteiger partial charge is 0.412 e. The molecule has 1 amide bonds. The van der Waals surface area contributed by atoms with Crippen molar-refractivity contribution in [2.24, 2.45) is 11.3 Å². The van der Waals surface area contributed by atoms with Gasteiger partial charge in [-0.3, -0.25) is 10.3 Å². The van der Waals surface area contributed by atoms with Gasteiger partial charge in [0.15, 0.2) is 0 Å². The van der Waals surface area contributed by atoms with Crippen molar-refractivity contribution in [3.05, 3.63) is 53.9 Å². The number of hydrogen-bond donors (Lipinski definition) is 1. The summed E-state index contributed by atoms with van der Waals surface area (Å²) in [5.74, 6) is 0.327. The molecule has 7 heteroatoms. The van der Waals surface area contributed by atoms with E-state index in [9.17, 15) is 4.79 Å². The topological polar surface area (TPSA) is 63.7 Å². The summed E-state index contributed by atoms with van der Waals surface area (Å²) in [7, 11) is -0.851. The van der Waals surface area contributed by atoms with Crippen molar-refractivity contribution >= 4 is 26.5 Å². The van der Waals surface area contributed by atoms with Crippen LogP contribution in [0.4, 0.5) is 16.2 Å². The Morgan fingerprint density at radius 3 is 2.44 bits per heavy atom. The molecule has 0 saturated heterocycles. The van der Waals surface area contributed by atoms with E-state index in [4.69, 9.17) is 14.1 Å². The van der Waals surface area contributed by atoms with Crippen LogP contribution in [0.15, 0.2) is 42.6 Å². The van der Waals surface area contributed by atoms with Crippen molar-refractivity contribution in [3.63, 3.8) is 0 Å². The van der Waals surface area contributed by atoms with Crippen LogP contribution in [0.25, 0.3) is 0 Å². The molecular formula is C27H40N3O3Si. The zero-order valence-electron chi connectivity index (χ0n) is 21.9. The highest BCUT2D eigenvalue weighted by Gasteiger charge is 2.38. The molecule has 2 heterocycles. The molecule has 1 aliphatic heterocycles. The average molecular weight is 483 g/mol. The maximum absolute atomic E-state index is 12.3. The molecule has 2 aromatic rings. The molecule has 34 heavy (non-hydrogen) atoms. The minimum atomic E-state index is -0.851. The number of benzene rings is 1. The molecule has 0 spiro atoms. The van der Waals surface area contributed by atoms with Gasteiger partial charge in [-0.1, -0.05) is 51.1 Å². The van der Waals surface area contributed by atoms with Gasteiger partial charge in [-0.25, -0.2) is 4.79 Å². The first-order chi connectivity index (χ1) is 15.8. The quantitative estimate of drug-likeness (QED) is 0.490. The predicted octanol–water partition coefficient (Wildman–Crippen LogP) is 6.29. The largest absolute Gasteiger partial charge is 0.444 e. The summed E-state index contributed by atoms with van der Waals surface area (Å²) in [4.78, 5) is 19.5. The molecule has 0 aliphatic carbocycles. The number of rotatable bonds is 6. The van der Waals surface area contributed by atoms with Gasteiger partial charge in [-0.05, 0) is 57.3 Å². The highest BCUT2D eigenvalue weighted by atomic mass is 28.3. The lowest BCUT2D eigenvalue weighted by Gasteiger charge is -2.44. The fourth-order valence-electron chi connectivity index (χ4n) is 4.49. The zero-order chi connectivity index (χ0) is 25.1. The van der Waals surface area contributed by atoms with Crippen molar-refractivity contribution in [1.82, 2.24) is 4.98 Å². The highest BCUT2D eigenvalue weighted by molar-refractivity contribution is 6.48. The Morgan fingerprint density at radius 1 is 1.18 bits per heavy atom. The Hall–Kier alpha value is -2.38. The van der Waals surface area contributed by atoms with Crippen LogP contribution in [-0.4, -0.2) is 38.4 Å². The van der Waals surface area contributed by atoms with Crippen molar-refractivity contribution < 1.29 is 14.0 Å². The van der Waals surface area contributed by atoms with E-state index in [0.29, 0.717) is 11.6 Å². The lowest BCUT2D eigenvalue weighted by Crippen LogP contribution is -2.48. The van der Waals surface area contributed by atoms with E-state index < -0.39 is 20.7 Å². The van der Waals surface area contributed by atoms with Gasteiger partial charge in [0, 0.05) is 19.0 Å². The number of fused-ring (bicyclic) bond motifs is 1. The third kappa shape index (κ3) is 7.31. The van der Waals surface area contributed by atoms with Gasteiger partial charge in [0.2, 0.25) is 9.04 Å². The Morgan fingerprint density at radius 2 is 1.85 bits per heavy atom. The fourth-order valence-corrected chi connectivity index (χ4v) is 5.54. The monoisotopic (exact) mass is 482 g/mol. The summed E-state index contributed by atoms with van der Waals surface area (Å²) in [6.07, 6.45) is 2.25. The molecule has 1 aliphatic rings. The van der Waals surface area contributed by atoms with Crippen LogP contribution in [-0.2, 0) is 22.1 Å². The van der Waals surface area contributed by atoms with Crippen LogP contribution < -0.4 is 10.2 Å². The standard InChI is InChI=1S/C27H40N3O3Si/c1-26(2,3)24(33-34(7)8)20-14-22-23(30(18-20)17-19-12-10-9-11-13-19)15-21(16-28-22)29-25(31)32-27(4,5)6/h9-13,15-16,20,24H,14,17-18H2,1-8H3,(H,29,31). The minimum Gasteiger partial charge on any atom is -0.444 e. The Kier molecular flexibility index (Phi) is 8.09. The zero-order valence-corrected chi connectivity index (χ0v) is 22.9. The summed E-state index contributed by atoms with van der Waals surface area (Å²) in [5, 5.41) is 2.85. The normalized spacial score (nSPS) is 17.3. The lowest BCUT2D eigenvalue weighted by molar-refractivity contribution is 0.0330. The number of aromatic nitrogens is 1. The maximum atomic E-state index is 12.3. The fraction of sp³-hybridized carbons (Fsp3) is 0.556. The lowest BCUT2D eigenvalue weighted by atomic mass is 9.77. The minimum absolute atomic E-state index is 0.0285. The molecule has 1 aromatic carbocycles. The molecule has 2 unspecified atom stereocenters. The number of carbonyl (C=O) groups excluding carboxylic acids is 1. The molecule has 1 radical (unpaired) electrons. The summed E-state index contributed by atoms with van der Waals surface area (Å²) >= 11 is 0. The van der Waals surface area contributed by atoms with Crippen LogP contribution in [0.1, 0.15) is 52.8 Å². The summed E-state index contributed by atoms with van der Waals surface area (Å²) < 4.78 is 12.0. The molecule has 1 N–H and O–H groups in total. The van der Waals surface area contributed by atoms with Crippen molar-refractivity contribution in [2.45, 2.75) is 79.3 Å². The third-order valence-electron chi connectivity index (χ3n) is 5.70. The second-order valence-electron chi connectivity index (χ2n) is 11.5. The second-order valence-corrected chi connectivity index (χ2v) is 13.5. The summed E-state index contributed by atoms with van der Waals surface area (Å²) in [6, 6.07) is 12.5. The van der Waals surface area contributed by atoms with Gasteiger partial charge in [-0.15, -0.1) is 0 Å². The number of nitrogens with one attached hydrogen (secondary N) is 1.